The topological polar surface area (TPSA) is 39.2 Å². The molecular weight excluding hydrogens is 197 g/mol. The maximum atomic E-state index is 12.6. The smallest absolute Gasteiger partial charge is 0.309 e. The normalized spacial score (nSPS) is 23.6. The van der Waals surface area contributed by atoms with Crippen LogP contribution in [-0.4, -0.2) is 17.6 Å². The molecule has 3 nitrogen and oxygen atoms in total. The minimum Gasteiger partial charge on any atom is -0.466 e. The number of carbonyl (C=O) groups excluding carboxylic acids is 1. The molecule has 0 saturated heterocycles. The molecule has 0 aromatic carbocycles. The van der Waals surface area contributed by atoms with Crippen LogP contribution in [0.5, 0.6) is 0 Å². The van der Waals surface area contributed by atoms with Crippen LogP contribution < -0.4 is 0 Å². The lowest BCUT2D eigenvalue weighted by Gasteiger charge is -2.00. The predicted octanol–water partition coefficient (Wildman–Crippen LogP) is 1.89. The van der Waals surface area contributed by atoms with E-state index >= 15 is 0 Å². The van der Waals surface area contributed by atoms with Crippen LogP contribution in [0.1, 0.15) is 25.0 Å². The zero-order valence-corrected chi connectivity index (χ0v) is 8.44. The van der Waals surface area contributed by atoms with E-state index in [1.54, 1.807) is 13.0 Å². The third-order valence-corrected chi connectivity index (χ3v) is 2.51. The summed E-state index contributed by atoms with van der Waals surface area (Å²) in [7, 11) is 0. The lowest BCUT2D eigenvalue weighted by Crippen LogP contribution is -2.07. The van der Waals surface area contributed by atoms with Gasteiger partial charge in [-0.25, -0.2) is 4.39 Å². The molecule has 0 N–H and O–H groups in total. The summed E-state index contributed by atoms with van der Waals surface area (Å²) < 4.78 is 17.5. The number of hydrogen-bond acceptors (Lipinski definition) is 3. The molecule has 4 heteroatoms. The molecule has 0 aliphatic heterocycles. The first-order valence-electron chi connectivity index (χ1n) is 5.00. The summed E-state index contributed by atoms with van der Waals surface area (Å²) in [5.41, 5.74) is 0.773. The number of pyridine rings is 1. The van der Waals surface area contributed by atoms with Gasteiger partial charge in [-0.2, -0.15) is 0 Å². The average molecular weight is 209 g/mol. The monoisotopic (exact) mass is 209 g/mol. The van der Waals surface area contributed by atoms with Gasteiger partial charge in [0.1, 0.15) is 5.82 Å². The lowest BCUT2D eigenvalue weighted by atomic mass is 10.2. The van der Waals surface area contributed by atoms with Gasteiger partial charge >= 0.3 is 5.97 Å². The van der Waals surface area contributed by atoms with Crippen LogP contribution in [-0.2, 0) is 9.53 Å². The molecule has 0 radical (unpaired) electrons. The third kappa shape index (κ3) is 2.14. The Morgan fingerprint density at radius 2 is 2.47 bits per heavy atom. The molecule has 1 aliphatic carbocycles. The molecule has 1 heterocycles. The van der Waals surface area contributed by atoms with Crippen LogP contribution in [0, 0.1) is 11.7 Å². The van der Waals surface area contributed by atoms with Gasteiger partial charge in [-0.1, -0.05) is 0 Å². The zero-order chi connectivity index (χ0) is 10.8. The SMILES string of the molecule is CCOC(=O)C1CC1c1ccc(F)cn1. The molecule has 15 heavy (non-hydrogen) atoms. The third-order valence-electron chi connectivity index (χ3n) is 2.51. The van der Waals surface area contributed by atoms with E-state index in [1.165, 1.54) is 12.3 Å². The maximum absolute atomic E-state index is 12.6. The van der Waals surface area contributed by atoms with Crippen molar-refractivity contribution in [3.63, 3.8) is 0 Å². The van der Waals surface area contributed by atoms with Gasteiger partial charge in [-0.15, -0.1) is 0 Å². The minimum atomic E-state index is -0.355. The maximum Gasteiger partial charge on any atom is 0.309 e. The number of ether oxygens (including phenoxy) is 1. The first-order valence-corrected chi connectivity index (χ1v) is 5.00. The average Bonchev–Trinajstić information content (AvgIpc) is 2.99. The van der Waals surface area contributed by atoms with E-state index in [-0.39, 0.29) is 23.6 Å². The van der Waals surface area contributed by atoms with Crippen LogP contribution in [0.3, 0.4) is 0 Å². The Kier molecular flexibility index (Phi) is 2.66. The van der Waals surface area contributed by atoms with Crippen molar-refractivity contribution in [2.75, 3.05) is 6.61 Å². The van der Waals surface area contributed by atoms with E-state index in [0.29, 0.717) is 6.61 Å². The molecule has 2 atom stereocenters. The van der Waals surface area contributed by atoms with E-state index in [4.69, 9.17) is 4.74 Å². The standard InChI is InChI=1S/C11H12FNO2/c1-2-15-11(14)9-5-8(9)10-4-3-7(12)6-13-10/h3-4,6,8-9H,2,5H2,1H3. The van der Waals surface area contributed by atoms with Crippen molar-refractivity contribution < 1.29 is 13.9 Å². The highest BCUT2D eigenvalue weighted by atomic mass is 19.1. The Balaban J connectivity index is 1.98. The molecule has 0 spiro atoms. The first-order chi connectivity index (χ1) is 7.22. The predicted molar refractivity (Wildman–Crippen MR) is 51.7 cm³/mol. The van der Waals surface area contributed by atoms with E-state index < -0.39 is 0 Å². The lowest BCUT2D eigenvalue weighted by molar-refractivity contribution is -0.144. The second kappa shape index (κ2) is 3.96. The molecular formula is C11H12FNO2. The molecule has 2 unspecified atom stereocenters. The van der Waals surface area contributed by atoms with E-state index in [2.05, 4.69) is 4.98 Å². The van der Waals surface area contributed by atoms with Gasteiger partial charge in [-0.05, 0) is 25.5 Å². The highest BCUT2D eigenvalue weighted by Gasteiger charge is 2.46. The van der Waals surface area contributed by atoms with Crippen molar-refractivity contribution in [2.24, 2.45) is 5.92 Å². The van der Waals surface area contributed by atoms with Crippen molar-refractivity contribution in [2.45, 2.75) is 19.3 Å². The number of nitrogens with zero attached hydrogens (tertiary/aromatic N) is 1. The summed E-state index contributed by atoms with van der Waals surface area (Å²) in [6.07, 6.45) is 1.94. The number of aromatic nitrogens is 1. The Hall–Kier alpha value is -1.45. The van der Waals surface area contributed by atoms with Gasteiger partial charge in [-0.3, -0.25) is 9.78 Å². The number of carbonyl (C=O) groups is 1. The molecule has 1 aromatic rings. The fourth-order valence-electron chi connectivity index (χ4n) is 1.64. The van der Waals surface area contributed by atoms with Crippen LogP contribution in [0.2, 0.25) is 0 Å². The largest absolute Gasteiger partial charge is 0.466 e. The highest BCUT2D eigenvalue weighted by molar-refractivity contribution is 5.77. The second-order valence-corrected chi connectivity index (χ2v) is 3.60. The summed E-state index contributed by atoms with van der Waals surface area (Å²) in [6, 6.07) is 2.99. The summed E-state index contributed by atoms with van der Waals surface area (Å²) in [4.78, 5) is 15.3. The van der Waals surface area contributed by atoms with Crippen LogP contribution in [0.15, 0.2) is 18.3 Å². The van der Waals surface area contributed by atoms with Gasteiger partial charge in [0.25, 0.3) is 0 Å². The summed E-state index contributed by atoms with van der Waals surface area (Å²) in [5.74, 6) is -0.492. The first kappa shape index (κ1) is 10.1. The molecule has 80 valence electrons. The number of halogens is 1. The van der Waals surface area contributed by atoms with Gasteiger partial charge < -0.3 is 4.74 Å². The fourth-order valence-corrected chi connectivity index (χ4v) is 1.64. The molecule has 2 rings (SSSR count). The summed E-state index contributed by atoms with van der Waals surface area (Å²) >= 11 is 0. The van der Waals surface area contributed by atoms with E-state index in [9.17, 15) is 9.18 Å². The van der Waals surface area contributed by atoms with Crippen LogP contribution in [0.4, 0.5) is 4.39 Å². The van der Waals surface area contributed by atoms with Crippen LogP contribution in [0.25, 0.3) is 0 Å². The highest BCUT2D eigenvalue weighted by Crippen LogP contribution is 2.47. The molecule has 1 saturated carbocycles. The van der Waals surface area contributed by atoms with Crippen molar-refractivity contribution in [3.8, 4) is 0 Å². The van der Waals surface area contributed by atoms with Gasteiger partial charge in [0.05, 0.1) is 18.7 Å². The molecule has 0 amide bonds. The zero-order valence-electron chi connectivity index (χ0n) is 8.44. The van der Waals surface area contributed by atoms with Crippen LogP contribution >= 0.6 is 0 Å². The van der Waals surface area contributed by atoms with Gasteiger partial charge in [0.2, 0.25) is 0 Å². The van der Waals surface area contributed by atoms with E-state index in [1.807, 2.05) is 0 Å². The molecule has 1 aliphatic rings. The molecule has 1 aromatic heterocycles. The summed E-state index contributed by atoms with van der Waals surface area (Å²) in [5, 5.41) is 0. The Labute approximate surface area is 87.3 Å². The van der Waals surface area contributed by atoms with Gasteiger partial charge in [0.15, 0.2) is 0 Å². The van der Waals surface area contributed by atoms with Gasteiger partial charge in [0, 0.05) is 11.6 Å². The van der Waals surface area contributed by atoms with Crippen molar-refractivity contribution in [1.29, 1.82) is 0 Å². The van der Waals surface area contributed by atoms with E-state index in [0.717, 1.165) is 12.1 Å². The summed E-state index contributed by atoms with van der Waals surface area (Å²) in [6.45, 7) is 2.18. The number of rotatable bonds is 3. The molecule has 1 fully saturated rings. The second-order valence-electron chi connectivity index (χ2n) is 3.60. The molecule has 0 bridgehead atoms. The Morgan fingerprint density at radius 3 is 3.07 bits per heavy atom. The van der Waals surface area contributed by atoms with Crippen molar-refractivity contribution in [3.05, 3.63) is 29.8 Å². The van der Waals surface area contributed by atoms with Crippen molar-refractivity contribution >= 4 is 5.97 Å². The Bertz CT molecular complexity index is 363. The Morgan fingerprint density at radius 1 is 1.67 bits per heavy atom. The number of esters is 1. The minimum absolute atomic E-state index is 0.0806. The quantitative estimate of drug-likeness (QED) is 0.713. The number of hydrogen-bond donors (Lipinski definition) is 0. The van der Waals surface area contributed by atoms with Crippen molar-refractivity contribution in [1.82, 2.24) is 4.98 Å². The fraction of sp³-hybridized carbons (Fsp3) is 0.455.